The van der Waals surface area contributed by atoms with Crippen LogP contribution in [0.1, 0.15) is 29.5 Å². The van der Waals surface area contributed by atoms with Crippen LogP contribution in [0, 0.1) is 0 Å². The number of ether oxygens (including phenoxy) is 1. The van der Waals surface area contributed by atoms with Crippen molar-refractivity contribution < 1.29 is 19.1 Å². The van der Waals surface area contributed by atoms with E-state index in [0.717, 1.165) is 0 Å². The fraction of sp³-hybridized carbons (Fsp3) is 0.353. The molecule has 0 unspecified atom stereocenters. The number of aryl methyl sites for hydroxylation is 1. The number of thioether (sulfide) groups is 1. The summed E-state index contributed by atoms with van der Waals surface area (Å²) in [4.78, 5) is 35.0. The quantitative estimate of drug-likeness (QED) is 0.486. The summed E-state index contributed by atoms with van der Waals surface area (Å²) in [7, 11) is 1.28. The largest absolute Gasteiger partial charge is 0.465 e. The fourth-order valence-corrected chi connectivity index (χ4v) is 3.18. The van der Waals surface area contributed by atoms with E-state index >= 15 is 0 Å². The SMILES string of the molecule is CCn1c(CCC(N)=O)nnc1SCC(=O)Nc1ccccc1C(=O)OC. The van der Waals surface area contributed by atoms with Crippen molar-refractivity contribution in [2.75, 3.05) is 18.2 Å². The van der Waals surface area contributed by atoms with Crippen molar-refractivity contribution in [3.05, 3.63) is 35.7 Å². The number of primary amides is 1. The maximum atomic E-state index is 12.3. The molecule has 0 spiro atoms. The van der Waals surface area contributed by atoms with Crippen LogP contribution in [0.5, 0.6) is 0 Å². The molecule has 144 valence electrons. The molecule has 1 aromatic carbocycles. The zero-order chi connectivity index (χ0) is 19.8. The van der Waals surface area contributed by atoms with Crippen LogP contribution in [0.25, 0.3) is 0 Å². The number of nitrogens with one attached hydrogen (secondary N) is 1. The Morgan fingerprint density at radius 2 is 2.00 bits per heavy atom. The molecule has 2 amide bonds. The molecule has 10 heteroatoms. The number of carbonyl (C=O) groups is 3. The van der Waals surface area contributed by atoms with Crippen LogP contribution in [-0.2, 0) is 27.3 Å². The van der Waals surface area contributed by atoms with Crippen molar-refractivity contribution >= 4 is 35.2 Å². The van der Waals surface area contributed by atoms with Gasteiger partial charge in [-0.05, 0) is 19.1 Å². The molecule has 0 aliphatic rings. The fourth-order valence-electron chi connectivity index (χ4n) is 2.36. The number of amides is 2. The smallest absolute Gasteiger partial charge is 0.339 e. The summed E-state index contributed by atoms with van der Waals surface area (Å²) >= 11 is 1.22. The Hall–Kier alpha value is -2.88. The summed E-state index contributed by atoms with van der Waals surface area (Å²) in [6, 6.07) is 6.61. The molecule has 1 aromatic heterocycles. The summed E-state index contributed by atoms with van der Waals surface area (Å²) in [6.07, 6.45) is 0.586. The summed E-state index contributed by atoms with van der Waals surface area (Å²) < 4.78 is 6.55. The van der Waals surface area contributed by atoms with E-state index in [1.807, 2.05) is 11.5 Å². The zero-order valence-corrected chi connectivity index (χ0v) is 15.9. The van der Waals surface area contributed by atoms with Gasteiger partial charge in [0.25, 0.3) is 0 Å². The predicted molar refractivity (Wildman–Crippen MR) is 100 cm³/mol. The minimum Gasteiger partial charge on any atom is -0.465 e. The lowest BCUT2D eigenvalue weighted by molar-refractivity contribution is -0.118. The number of hydrogen-bond acceptors (Lipinski definition) is 7. The first-order valence-electron chi connectivity index (χ1n) is 8.26. The molecule has 0 atom stereocenters. The van der Waals surface area contributed by atoms with Crippen molar-refractivity contribution in [1.82, 2.24) is 14.8 Å². The van der Waals surface area contributed by atoms with Gasteiger partial charge in [0.2, 0.25) is 11.8 Å². The Labute approximate surface area is 160 Å². The van der Waals surface area contributed by atoms with Crippen molar-refractivity contribution in [3.8, 4) is 0 Å². The summed E-state index contributed by atoms with van der Waals surface area (Å²) in [5, 5.41) is 11.4. The Morgan fingerprint density at radius 3 is 2.67 bits per heavy atom. The zero-order valence-electron chi connectivity index (χ0n) is 15.1. The highest BCUT2D eigenvalue weighted by atomic mass is 32.2. The van der Waals surface area contributed by atoms with Crippen molar-refractivity contribution in [1.29, 1.82) is 0 Å². The summed E-state index contributed by atoms with van der Waals surface area (Å²) in [5.74, 6) is -0.485. The lowest BCUT2D eigenvalue weighted by Crippen LogP contribution is -2.17. The van der Waals surface area contributed by atoms with E-state index in [1.165, 1.54) is 18.9 Å². The van der Waals surface area contributed by atoms with Crippen molar-refractivity contribution in [2.24, 2.45) is 5.73 Å². The summed E-state index contributed by atoms with van der Waals surface area (Å²) in [6.45, 7) is 2.53. The number of hydrogen-bond donors (Lipinski definition) is 2. The minimum atomic E-state index is -0.525. The Balaban J connectivity index is 2.00. The average molecular weight is 391 g/mol. The van der Waals surface area contributed by atoms with Crippen LogP contribution < -0.4 is 11.1 Å². The molecule has 27 heavy (non-hydrogen) atoms. The van der Waals surface area contributed by atoms with Gasteiger partial charge in [0.05, 0.1) is 24.1 Å². The first kappa shape index (κ1) is 20.4. The standard InChI is InChI=1S/C17H21N5O4S/c1-3-22-14(9-8-13(18)23)20-21-17(22)27-10-15(24)19-12-7-5-4-6-11(12)16(25)26-2/h4-7H,3,8-10H2,1-2H3,(H2,18,23)(H,19,24). The van der Waals surface area contributed by atoms with E-state index in [0.29, 0.717) is 29.6 Å². The molecular weight excluding hydrogens is 370 g/mol. The Morgan fingerprint density at radius 1 is 1.26 bits per heavy atom. The molecule has 3 N–H and O–H groups in total. The Kier molecular flexibility index (Phi) is 7.35. The van der Waals surface area contributed by atoms with Gasteiger partial charge < -0.3 is 20.4 Å². The normalized spacial score (nSPS) is 10.4. The molecule has 0 radical (unpaired) electrons. The van der Waals surface area contributed by atoms with E-state index in [1.54, 1.807) is 24.3 Å². The number of esters is 1. The monoisotopic (exact) mass is 391 g/mol. The van der Waals surface area contributed by atoms with Gasteiger partial charge in [-0.15, -0.1) is 10.2 Å². The number of methoxy groups -OCH3 is 1. The van der Waals surface area contributed by atoms with Crippen LogP contribution in [0.4, 0.5) is 5.69 Å². The highest BCUT2D eigenvalue weighted by Crippen LogP contribution is 2.20. The highest BCUT2D eigenvalue weighted by Gasteiger charge is 2.16. The van der Waals surface area contributed by atoms with Crippen LogP contribution in [0.15, 0.2) is 29.4 Å². The molecule has 0 fully saturated rings. The number of anilines is 1. The number of nitrogens with two attached hydrogens (primary N) is 1. The second-order valence-corrected chi connectivity index (χ2v) is 6.43. The van der Waals surface area contributed by atoms with E-state index in [-0.39, 0.29) is 23.6 Å². The van der Waals surface area contributed by atoms with Gasteiger partial charge in [-0.2, -0.15) is 0 Å². The van der Waals surface area contributed by atoms with Gasteiger partial charge >= 0.3 is 5.97 Å². The molecule has 1 heterocycles. The third-order valence-electron chi connectivity index (χ3n) is 3.64. The number of carbonyl (C=O) groups excluding carboxylic acids is 3. The molecule has 2 rings (SSSR count). The number of benzene rings is 1. The van der Waals surface area contributed by atoms with Gasteiger partial charge in [0.15, 0.2) is 5.16 Å². The van der Waals surface area contributed by atoms with Crippen molar-refractivity contribution in [3.63, 3.8) is 0 Å². The van der Waals surface area contributed by atoms with E-state index in [2.05, 4.69) is 15.5 Å². The molecule has 0 aliphatic carbocycles. The lowest BCUT2D eigenvalue weighted by Gasteiger charge is -2.10. The molecule has 0 bridgehead atoms. The first-order chi connectivity index (χ1) is 13.0. The first-order valence-corrected chi connectivity index (χ1v) is 9.25. The highest BCUT2D eigenvalue weighted by molar-refractivity contribution is 7.99. The molecule has 0 saturated heterocycles. The maximum absolute atomic E-state index is 12.3. The van der Waals surface area contributed by atoms with E-state index in [9.17, 15) is 14.4 Å². The van der Waals surface area contributed by atoms with E-state index < -0.39 is 11.9 Å². The Bertz CT molecular complexity index is 836. The molecule has 0 aliphatic heterocycles. The van der Waals surface area contributed by atoms with Gasteiger partial charge in [0, 0.05) is 19.4 Å². The maximum Gasteiger partial charge on any atom is 0.339 e. The van der Waals surface area contributed by atoms with E-state index in [4.69, 9.17) is 10.5 Å². The average Bonchev–Trinajstić information content (AvgIpc) is 3.06. The molecule has 0 saturated carbocycles. The molecular formula is C17H21N5O4S. The minimum absolute atomic E-state index is 0.0868. The molecule has 9 nitrogen and oxygen atoms in total. The van der Waals surface area contributed by atoms with Crippen LogP contribution in [0.3, 0.4) is 0 Å². The number of para-hydroxylation sites is 1. The van der Waals surface area contributed by atoms with Gasteiger partial charge in [-0.3, -0.25) is 9.59 Å². The van der Waals surface area contributed by atoms with Crippen LogP contribution in [0.2, 0.25) is 0 Å². The van der Waals surface area contributed by atoms with Gasteiger partial charge in [-0.1, -0.05) is 23.9 Å². The third kappa shape index (κ3) is 5.55. The second-order valence-electron chi connectivity index (χ2n) is 5.48. The topological polar surface area (TPSA) is 129 Å². The van der Waals surface area contributed by atoms with Crippen LogP contribution in [-0.4, -0.2) is 45.4 Å². The van der Waals surface area contributed by atoms with Gasteiger partial charge in [-0.25, -0.2) is 4.79 Å². The predicted octanol–water partition coefficient (Wildman–Crippen LogP) is 1.23. The lowest BCUT2D eigenvalue weighted by atomic mass is 10.2. The van der Waals surface area contributed by atoms with Crippen molar-refractivity contribution in [2.45, 2.75) is 31.5 Å². The molecule has 2 aromatic rings. The number of rotatable bonds is 9. The second kappa shape index (κ2) is 9.72. The van der Waals surface area contributed by atoms with Crippen LogP contribution >= 0.6 is 11.8 Å². The number of nitrogens with zero attached hydrogens (tertiary/aromatic N) is 3. The third-order valence-corrected chi connectivity index (χ3v) is 4.61. The number of aromatic nitrogens is 3. The summed E-state index contributed by atoms with van der Waals surface area (Å²) in [5.41, 5.74) is 5.83. The van der Waals surface area contributed by atoms with Gasteiger partial charge in [0.1, 0.15) is 5.82 Å².